The lowest BCUT2D eigenvalue weighted by molar-refractivity contribution is -0.308. The van der Waals surface area contributed by atoms with E-state index in [-0.39, 0.29) is 18.5 Å². The Labute approximate surface area is 148 Å². The minimum absolute atomic E-state index is 0.0590. The summed E-state index contributed by atoms with van der Waals surface area (Å²) < 4.78 is 1.33. The van der Waals surface area contributed by atoms with Crippen LogP contribution in [0.1, 0.15) is 18.0 Å². The number of aromatic nitrogens is 2. The molecular formula is C19H16N3O4-. The molecule has 7 heteroatoms. The molecule has 0 spiro atoms. The van der Waals surface area contributed by atoms with E-state index in [4.69, 9.17) is 0 Å². The van der Waals surface area contributed by atoms with Gasteiger partial charge in [0.15, 0.2) is 0 Å². The van der Waals surface area contributed by atoms with Crippen molar-refractivity contribution in [1.82, 2.24) is 14.9 Å². The number of carboxylic acid groups (broad SMARTS) is 1. The first kappa shape index (κ1) is 17.3. The van der Waals surface area contributed by atoms with E-state index in [2.05, 4.69) is 10.3 Å². The summed E-state index contributed by atoms with van der Waals surface area (Å²) in [4.78, 5) is 40.0. The number of rotatable bonds is 6. The van der Waals surface area contributed by atoms with E-state index >= 15 is 0 Å². The van der Waals surface area contributed by atoms with E-state index < -0.39 is 17.9 Å². The molecule has 3 aromatic rings. The molecule has 0 bridgehead atoms. The van der Waals surface area contributed by atoms with E-state index in [0.717, 1.165) is 0 Å². The van der Waals surface area contributed by atoms with Gasteiger partial charge in [0.2, 0.25) is 5.91 Å². The third kappa shape index (κ3) is 3.77. The predicted molar refractivity (Wildman–Crippen MR) is 93.0 cm³/mol. The smallest absolute Gasteiger partial charge is 0.261 e. The second kappa shape index (κ2) is 7.60. The highest BCUT2D eigenvalue weighted by molar-refractivity contribution is 5.83. The largest absolute Gasteiger partial charge is 0.548 e. The van der Waals surface area contributed by atoms with Gasteiger partial charge in [-0.3, -0.25) is 14.2 Å². The molecule has 0 aliphatic rings. The van der Waals surface area contributed by atoms with Gasteiger partial charge in [-0.05, 0) is 17.7 Å². The minimum Gasteiger partial charge on any atom is -0.548 e. The van der Waals surface area contributed by atoms with Gasteiger partial charge in [-0.1, -0.05) is 42.5 Å². The average molecular weight is 350 g/mol. The lowest BCUT2D eigenvalue weighted by atomic mass is 10.1. The standard InChI is InChI=1S/C19H17N3O4/c23-16(21-17(19(25)26)13-6-2-1-3-7-13)10-11-22-12-20-15-9-5-4-8-14(15)18(22)24/h1-9,12,17H,10-11H2,(H,21,23)(H,25,26)/p-1/t17-/m0/s1. The van der Waals surface area contributed by atoms with E-state index in [1.54, 1.807) is 54.6 Å². The molecule has 1 aromatic heterocycles. The second-order valence-corrected chi connectivity index (χ2v) is 5.74. The van der Waals surface area contributed by atoms with Crippen molar-refractivity contribution in [2.45, 2.75) is 19.0 Å². The number of fused-ring (bicyclic) bond motifs is 1. The molecule has 7 nitrogen and oxygen atoms in total. The number of carbonyl (C=O) groups is 2. The quantitative estimate of drug-likeness (QED) is 0.693. The van der Waals surface area contributed by atoms with E-state index in [1.807, 2.05) is 0 Å². The molecule has 1 N–H and O–H groups in total. The van der Waals surface area contributed by atoms with Crippen molar-refractivity contribution >= 4 is 22.8 Å². The number of para-hydroxylation sites is 1. The third-order valence-electron chi connectivity index (χ3n) is 3.99. The first-order chi connectivity index (χ1) is 12.6. The SMILES string of the molecule is O=C(CCn1cnc2ccccc2c1=O)N[C@H](C(=O)[O-])c1ccccc1. The Kier molecular flexibility index (Phi) is 5.07. The van der Waals surface area contributed by atoms with Crippen LogP contribution >= 0.6 is 0 Å². The van der Waals surface area contributed by atoms with Crippen molar-refractivity contribution < 1.29 is 14.7 Å². The molecule has 1 atom stereocenters. The van der Waals surface area contributed by atoms with E-state index in [0.29, 0.717) is 16.5 Å². The number of carboxylic acids is 1. The van der Waals surface area contributed by atoms with Gasteiger partial charge in [-0.2, -0.15) is 0 Å². The number of aryl methyl sites for hydroxylation is 1. The zero-order valence-corrected chi connectivity index (χ0v) is 13.8. The number of benzene rings is 2. The molecule has 1 heterocycles. The van der Waals surface area contributed by atoms with Gasteiger partial charge in [-0.25, -0.2) is 4.98 Å². The van der Waals surface area contributed by atoms with Gasteiger partial charge in [0.1, 0.15) is 0 Å². The van der Waals surface area contributed by atoms with Crippen LogP contribution < -0.4 is 16.0 Å². The van der Waals surface area contributed by atoms with Gasteiger partial charge >= 0.3 is 0 Å². The zero-order chi connectivity index (χ0) is 18.5. The fourth-order valence-corrected chi connectivity index (χ4v) is 2.64. The molecular weight excluding hydrogens is 334 g/mol. The molecule has 0 unspecified atom stereocenters. The molecule has 1 amide bonds. The monoisotopic (exact) mass is 350 g/mol. The highest BCUT2D eigenvalue weighted by Gasteiger charge is 2.15. The molecule has 2 aromatic carbocycles. The fourth-order valence-electron chi connectivity index (χ4n) is 2.64. The van der Waals surface area contributed by atoms with E-state index in [1.165, 1.54) is 10.9 Å². The average Bonchev–Trinajstić information content (AvgIpc) is 2.66. The van der Waals surface area contributed by atoms with E-state index in [9.17, 15) is 19.5 Å². The van der Waals surface area contributed by atoms with Crippen LogP contribution in [0.2, 0.25) is 0 Å². The van der Waals surface area contributed by atoms with Crippen LogP contribution in [0.25, 0.3) is 10.9 Å². The second-order valence-electron chi connectivity index (χ2n) is 5.74. The molecule has 132 valence electrons. The Bertz CT molecular complexity index is 998. The summed E-state index contributed by atoms with van der Waals surface area (Å²) in [7, 11) is 0. The van der Waals surface area contributed by atoms with Crippen molar-refractivity contribution in [3.05, 3.63) is 76.8 Å². The number of nitrogens with one attached hydrogen (secondary N) is 1. The maximum absolute atomic E-state index is 12.4. The number of amides is 1. The zero-order valence-electron chi connectivity index (χ0n) is 13.8. The van der Waals surface area contributed by atoms with Crippen molar-refractivity contribution in [3.8, 4) is 0 Å². The molecule has 0 saturated carbocycles. The van der Waals surface area contributed by atoms with Crippen LogP contribution in [-0.2, 0) is 16.1 Å². The Hall–Kier alpha value is -3.48. The summed E-state index contributed by atoms with van der Waals surface area (Å²) in [5.74, 6) is -1.89. The fraction of sp³-hybridized carbons (Fsp3) is 0.158. The van der Waals surface area contributed by atoms with Crippen molar-refractivity contribution in [2.75, 3.05) is 0 Å². The molecule has 0 aliphatic heterocycles. The Morgan fingerprint density at radius 1 is 1.08 bits per heavy atom. The number of carbonyl (C=O) groups excluding carboxylic acids is 2. The minimum atomic E-state index is -1.39. The lowest BCUT2D eigenvalue weighted by Crippen LogP contribution is -2.41. The van der Waals surface area contributed by atoms with Crippen LogP contribution in [0, 0.1) is 0 Å². The van der Waals surface area contributed by atoms with Crippen molar-refractivity contribution in [3.63, 3.8) is 0 Å². The Morgan fingerprint density at radius 3 is 2.50 bits per heavy atom. The number of aliphatic carboxylic acids is 1. The molecule has 3 rings (SSSR count). The number of hydrogen-bond acceptors (Lipinski definition) is 5. The van der Waals surface area contributed by atoms with Gasteiger partial charge in [0.05, 0.1) is 29.2 Å². The van der Waals surface area contributed by atoms with Crippen LogP contribution in [0.3, 0.4) is 0 Å². The topological polar surface area (TPSA) is 104 Å². The van der Waals surface area contributed by atoms with Gasteiger partial charge in [0, 0.05) is 13.0 Å². The number of nitrogens with zero attached hydrogens (tertiary/aromatic N) is 2. The van der Waals surface area contributed by atoms with Gasteiger partial charge in [-0.15, -0.1) is 0 Å². The summed E-state index contributed by atoms with van der Waals surface area (Å²) in [6, 6.07) is 14.0. The summed E-state index contributed by atoms with van der Waals surface area (Å²) in [5.41, 5.74) is 0.757. The summed E-state index contributed by atoms with van der Waals surface area (Å²) >= 11 is 0. The summed E-state index contributed by atoms with van der Waals surface area (Å²) in [6.07, 6.45) is 1.32. The van der Waals surface area contributed by atoms with Gasteiger partial charge < -0.3 is 15.2 Å². The highest BCUT2D eigenvalue weighted by atomic mass is 16.4. The summed E-state index contributed by atoms with van der Waals surface area (Å²) in [6.45, 7) is 0.0943. The van der Waals surface area contributed by atoms with Crippen molar-refractivity contribution in [2.24, 2.45) is 0 Å². The molecule has 0 saturated heterocycles. The maximum Gasteiger partial charge on any atom is 0.261 e. The lowest BCUT2D eigenvalue weighted by Gasteiger charge is -2.20. The number of hydrogen-bond donors (Lipinski definition) is 1. The predicted octanol–water partition coefficient (Wildman–Crippen LogP) is 0.394. The Morgan fingerprint density at radius 2 is 1.77 bits per heavy atom. The van der Waals surface area contributed by atoms with Crippen LogP contribution in [0.4, 0.5) is 0 Å². The first-order valence-electron chi connectivity index (χ1n) is 8.05. The molecule has 26 heavy (non-hydrogen) atoms. The highest BCUT2D eigenvalue weighted by Crippen LogP contribution is 2.12. The van der Waals surface area contributed by atoms with Gasteiger partial charge in [0.25, 0.3) is 5.56 Å². The molecule has 0 fully saturated rings. The van der Waals surface area contributed by atoms with Crippen molar-refractivity contribution in [1.29, 1.82) is 0 Å². The van der Waals surface area contributed by atoms with Crippen LogP contribution in [0.15, 0.2) is 65.7 Å². The van der Waals surface area contributed by atoms with Crippen LogP contribution in [-0.4, -0.2) is 21.4 Å². The Balaban J connectivity index is 1.70. The summed E-state index contributed by atoms with van der Waals surface area (Å²) in [5, 5.41) is 14.2. The molecule has 0 aliphatic carbocycles. The normalized spacial score (nSPS) is 11.8. The first-order valence-corrected chi connectivity index (χ1v) is 8.05. The maximum atomic E-state index is 12.4. The molecule has 0 radical (unpaired) electrons. The van der Waals surface area contributed by atoms with Crippen LogP contribution in [0.5, 0.6) is 0 Å². The third-order valence-corrected chi connectivity index (χ3v) is 3.99.